The SMILES string of the molecule is CCc1cc(C(=O)NCC2(C(=O)O)CCCCC2)n[nH]1. The van der Waals surface area contributed by atoms with E-state index >= 15 is 0 Å². The minimum Gasteiger partial charge on any atom is -0.481 e. The number of aliphatic carboxylic acids is 1. The van der Waals surface area contributed by atoms with Crippen LogP contribution in [0.2, 0.25) is 0 Å². The zero-order chi connectivity index (χ0) is 14.6. The number of hydrogen-bond acceptors (Lipinski definition) is 3. The Morgan fingerprint density at radius 1 is 1.40 bits per heavy atom. The van der Waals surface area contributed by atoms with Gasteiger partial charge in [-0.05, 0) is 25.3 Å². The largest absolute Gasteiger partial charge is 0.481 e. The zero-order valence-corrected chi connectivity index (χ0v) is 11.7. The van der Waals surface area contributed by atoms with E-state index in [0.29, 0.717) is 18.5 Å². The molecule has 20 heavy (non-hydrogen) atoms. The Bertz CT molecular complexity index is 490. The van der Waals surface area contributed by atoms with Gasteiger partial charge in [0.2, 0.25) is 0 Å². The summed E-state index contributed by atoms with van der Waals surface area (Å²) < 4.78 is 0. The molecule has 1 aromatic rings. The molecule has 6 heteroatoms. The van der Waals surface area contributed by atoms with Crippen LogP contribution < -0.4 is 5.32 Å². The van der Waals surface area contributed by atoms with E-state index in [2.05, 4.69) is 15.5 Å². The highest BCUT2D eigenvalue weighted by Crippen LogP contribution is 2.36. The number of carbonyl (C=O) groups excluding carboxylic acids is 1. The number of hydrogen-bond donors (Lipinski definition) is 3. The molecule has 110 valence electrons. The molecule has 1 fully saturated rings. The summed E-state index contributed by atoms with van der Waals surface area (Å²) in [5, 5.41) is 18.9. The smallest absolute Gasteiger partial charge is 0.311 e. The third kappa shape index (κ3) is 3.00. The molecule has 0 spiro atoms. The molecule has 3 N–H and O–H groups in total. The lowest BCUT2D eigenvalue weighted by Gasteiger charge is -2.33. The van der Waals surface area contributed by atoms with Gasteiger partial charge in [0, 0.05) is 12.2 Å². The molecule has 6 nitrogen and oxygen atoms in total. The summed E-state index contributed by atoms with van der Waals surface area (Å²) in [7, 11) is 0. The maximum Gasteiger partial charge on any atom is 0.311 e. The summed E-state index contributed by atoms with van der Waals surface area (Å²) >= 11 is 0. The number of aryl methyl sites for hydroxylation is 1. The Morgan fingerprint density at radius 3 is 2.65 bits per heavy atom. The number of amides is 1. The molecule has 1 aliphatic rings. The van der Waals surface area contributed by atoms with E-state index in [1.807, 2.05) is 6.92 Å². The molecule has 2 rings (SSSR count). The second-order valence-corrected chi connectivity index (χ2v) is 5.46. The Kier molecular flexibility index (Phi) is 4.42. The number of aromatic amines is 1. The van der Waals surface area contributed by atoms with Crippen LogP contribution in [0, 0.1) is 5.41 Å². The summed E-state index contributed by atoms with van der Waals surface area (Å²) in [6.07, 6.45) is 4.92. The molecule has 0 aromatic carbocycles. The van der Waals surface area contributed by atoms with Crippen LogP contribution in [0.1, 0.15) is 55.2 Å². The van der Waals surface area contributed by atoms with Gasteiger partial charge in [0.15, 0.2) is 0 Å². The lowest BCUT2D eigenvalue weighted by atomic mass is 9.74. The van der Waals surface area contributed by atoms with Gasteiger partial charge < -0.3 is 10.4 Å². The van der Waals surface area contributed by atoms with Crippen molar-refractivity contribution in [3.63, 3.8) is 0 Å². The maximum atomic E-state index is 12.0. The predicted molar refractivity (Wildman–Crippen MR) is 73.5 cm³/mol. The molecule has 1 aliphatic carbocycles. The normalized spacial score (nSPS) is 17.6. The van der Waals surface area contributed by atoms with Crippen molar-refractivity contribution >= 4 is 11.9 Å². The number of H-pyrrole nitrogens is 1. The van der Waals surface area contributed by atoms with Gasteiger partial charge in [-0.25, -0.2) is 0 Å². The fraction of sp³-hybridized carbons (Fsp3) is 0.643. The van der Waals surface area contributed by atoms with Crippen LogP contribution in [-0.4, -0.2) is 33.7 Å². The van der Waals surface area contributed by atoms with Crippen molar-refractivity contribution in [2.24, 2.45) is 5.41 Å². The van der Waals surface area contributed by atoms with Crippen molar-refractivity contribution in [3.8, 4) is 0 Å². The first-order chi connectivity index (χ1) is 9.57. The fourth-order valence-corrected chi connectivity index (χ4v) is 2.69. The number of carboxylic acid groups (broad SMARTS) is 1. The first-order valence-electron chi connectivity index (χ1n) is 7.13. The van der Waals surface area contributed by atoms with Gasteiger partial charge in [-0.3, -0.25) is 14.7 Å². The Hall–Kier alpha value is -1.85. The molecule has 1 heterocycles. The molecule has 0 radical (unpaired) electrons. The highest BCUT2D eigenvalue weighted by Gasteiger charge is 2.39. The van der Waals surface area contributed by atoms with Gasteiger partial charge in [0.05, 0.1) is 5.41 Å². The van der Waals surface area contributed by atoms with Crippen LogP contribution in [0.25, 0.3) is 0 Å². The molecule has 1 saturated carbocycles. The van der Waals surface area contributed by atoms with Crippen LogP contribution in [-0.2, 0) is 11.2 Å². The van der Waals surface area contributed by atoms with Crippen molar-refractivity contribution in [1.29, 1.82) is 0 Å². The molecule has 0 saturated heterocycles. The number of rotatable bonds is 5. The van der Waals surface area contributed by atoms with Crippen molar-refractivity contribution in [1.82, 2.24) is 15.5 Å². The molecule has 0 aliphatic heterocycles. The Labute approximate surface area is 118 Å². The molecule has 0 atom stereocenters. The Balaban J connectivity index is 1.98. The monoisotopic (exact) mass is 279 g/mol. The molecular formula is C14H21N3O3. The van der Waals surface area contributed by atoms with Gasteiger partial charge in [-0.15, -0.1) is 0 Å². The zero-order valence-electron chi connectivity index (χ0n) is 11.7. The van der Waals surface area contributed by atoms with E-state index in [1.165, 1.54) is 0 Å². The van der Waals surface area contributed by atoms with Gasteiger partial charge in [0.1, 0.15) is 5.69 Å². The standard InChI is InChI=1S/C14H21N3O3/c1-2-10-8-11(17-16-10)12(18)15-9-14(13(19)20)6-4-3-5-7-14/h8H,2-7,9H2,1H3,(H,15,18)(H,16,17)(H,19,20). The van der Waals surface area contributed by atoms with Crippen LogP contribution in [0.3, 0.4) is 0 Å². The summed E-state index contributed by atoms with van der Waals surface area (Å²) in [6, 6.07) is 1.70. The second kappa shape index (κ2) is 6.07. The quantitative estimate of drug-likeness (QED) is 0.765. The average molecular weight is 279 g/mol. The van der Waals surface area contributed by atoms with Crippen molar-refractivity contribution < 1.29 is 14.7 Å². The summed E-state index contributed by atoms with van der Waals surface area (Å²) in [5.41, 5.74) is 0.400. The molecule has 0 bridgehead atoms. The molecule has 0 unspecified atom stereocenters. The van der Waals surface area contributed by atoms with Crippen molar-refractivity contribution in [2.75, 3.05) is 6.54 Å². The minimum absolute atomic E-state index is 0.176. The summed E-state index contributed by atoms with van der Waals surface area (Å²) in [5.74, 6) is -1.12. The Morgan fingerprint density at radius 2 is 2.10 bits per heavy atom. The molecule has 1 amide bonds. The van der Waals surface area contributed by atoms with E-state index in [1.54, 1.807) is 6.07 Å². The number of carboxylic acids is 1. The average Bonchev–Trinajstić information content (AvgIpc) is 2.94. The minimum atomic E-state index is -0.811. The van der Waals surface area contributed by atoms with Crippen LogP contribution in [0.15, 0.2) is 6.07 Å². The summed E-state index contributed by atoms with van der Waals surface area (Å²) in [6.45, 7) is 2.14. The van der Waals surface area contributed by atoms with E-state index in [4.69, 9.17) is 0 Å². The number of carbonyl (C=O) groups is 2. The van der Waals surface area contributed by atoms with Crippen LogP contribution in [0.4, 0.5) is 0 Å². The topological polar surface area (TPSA) is 95.1 Å². The van der Waals surface area contributed by atoms with Gasteiger partial charge in [-0.2, -0.15) is 5.10 Å². The highest BCUT2D eigenvalue weighted by molar-refractivity contribution is 5.92. The molecular weight excluding hydrogens is 258 g/mol. The van der Waals surface area contributed by atoms with Gasteiger partial charge in [0.25, 0.3) is 5.91 Å². The van der Waals surface area contributed by atoms with Crippen molar-refractivity contribution in [2.45, 2.75) is 45.4 Å². The predicted octanol–water partition coefficient (Wildman–Crippen LogP) is 1.74. The van der Waals surface area contributed by atoms with Gasteiger partial charge >= 0.3 is 5.97 Å². The first-order valence-corrected chi connectivity index (χ1v) is 7.13. The van der Waals surface area contributed by atoms with E-state index in [0.717, 1.165) is 31.4 Å². The van der Waals surface area contributed by atoms with Crippen molar-refractivity contribution in [3.05, 3.63) is 17.5 Å². The first kappa shape index (κ1) is 14.6. The van der Waals surface area contributed by atoms with E-state index in [9.17, 15) is 14.7 Å². The lowest BCUT2D eigenvalue weighted by molar-refractivity contribution is -0.150. The third-order valence-electron chi connectivity index (χ3n) is 4.10. The molecule has 1 aromatic heterocycles. The fourth-order valence-electron chi connectivity index (χ4n) is 2.69. The second-order valence-electron chi connectivity index (χ2n) is 5.46. The van der Waals surface area contributed by atoms with Crippen LogP contribution in [0.5, 0.6) is 0 Å². The van der Waals surface area contributed by atoms with E-state index in [-0.39, 0.29) is 12.5 Å². The lowest BCUT2D eigenvalue weighted by Crippen LogP contribution is -2.44. The third-order valence-corrected chi connectivity index (χ3v) is 4.10. The maximum absolute atomic E-state index is 12.0. The number of nitrogens with zero attached hydrogens (tertiary/aromatic N) is 1. The van der Waals surface area contributed by atoms with Gasteiger partial charge in [-0.1, -0.05) is 26.2 Å². The highest BCUT2D eigenvalue weighted by atomic mass is 16.4. The summed E-state index contributed by atoms with van der Waals surface area (Å²) in [4.78, 5) is 23.5. The van der Waals surface area contributed by atoms with Crippen LogP contribution >= 0.6 is 0 Å². The number of nitrogens with one attached hydrogen (secondary N) is 2. The number of aromatic nitrogens is 2. The van der Waals surface area contributed by atoms with E-state index < -0.39 is 11.4 Å².